The van der Waals surface area contributed by atoms with Crippen LogP contribution in [0.2, 0.25) is 10.0 Å². The van der Waals surface area contributed by atoms with Crippen molar-refractivity contribution in [3.05, 3.63) is 22.2 Å². The normalized spacial score (nSPS) is 12.7. The average Bonchev–Trinajstić information content (AvgIpc) is 2.26. The molecule has 3 N–H and O–H groups in total. The van der Waals surface area contributed by atoms with Crippen molar-refractivity contribution in [2.75, 3.05) is 5.73 Å². The molecule has 0 unspecified atom stereocenters. The Morgan fingerprint density at radius 1 is 1.21 bits per heavy atom. The molecule has 0 fully saturated rings. The lowest BCUT2D eigenvalue weighted by Crippen LogP contribution is -2.44. The maximum atomic E-state index is 12.4. The maximum absolute atomic E-state index is 12.4. The van der Waals surface area contributed by atoms with E-state index in [2.05, 4.69) is 4.72 Å². The van der Waals surface area contributed by atoms with Gasteiger partial charge in [-0.15, -0.1) is 0 Å². The van der Waals surface area contributed by atoms with Crippen molar-refractivity contribution in [2.24, 2.45) is 0 Å². The Kier molecular flexibility index (Phi) is 5.12. The van der Waals surface area contributed by atoms with E-state index in [-0.39, 0.29) is 14.9 Å². The zero-order valence-electron chi connectivity index (χ0n) is 11.1. The van der Waals surface area contributed by atoms with Gasteiger partial charge in [-0.2, -0.15) is 0 Å². The van der Waals surface area contributed by atoms with Crippen LogP contribution in [0.4, 0.5) is 5.69 Å². The number of rotatable bonds is 5. The molecule has 0 aliphatic carbocycles. The van der Waals surface area contributed by atoms with Gasteiger partial charge < -0.3 is 5.73 Å². The van der Waals surface area contributed by atoms with E-state index in [0.29, 0.717) is 18.5 Å². The fourth-order valence-electron chi connectivity index (χ4n) is 1.61. The minimum absolute atomic E-state index is 0.0204. The van der Waals surface area contributed by atoms with Gasteiger partial charge >= 0.3 is 0 Å². The molecule has 0 bridgehead atoms. The number of nitrogen functional groups attached to an aromatic ring is 1. The highest BCUT2D eigenvalue weighted by atomic mass is 35.5. The molecule has 1 aromatic rings. The second-order valence-corrected chi connectivity index (χ2v) is 7.12. The fourth-order valence-corrected chi connectivity index (χ4v) is 4.39. The van der Waals surface area contributed by atoms with Gasteiger partial charge in [0.2, 0.25) is 10.0 Å². The van der Waals surface area contributed by atoms with Gasteiger partial charge in [-0.25, -0.2) is 13.1 Å². The van der Waals surface area contributed by atoms with E-state index in [1.165, 1.54) is 12.1 Å². The predicted octanol–water partition coefficient (Wildman–Crippen LogP) is 3.43. The Balaban J connectivity index is 3.29. The third-order valence-corrected chi connectivity index (χ3v) is 5.79. The second-order valence-electron chi connectivity index (χ2n) is 4.69. The molecule has 0 aromatic heterocycles. The van der Waals surface area contributed by atoms with E-state index in [4.69, 9.17) is 28.9 Å². The second kappa shape index (κ2) is 5.87. The van der Waals surface area contributed by atoms with Gasteiger partial charge in [-0.05, 0) is 31.9 Å². The summed E-state index contributed by atoms with van der Waals surface area (Å²) < 4.78 is 27.4. The molecule has 0 amide bonds. The molecule has 1 aromatic carbocycles. The van der Waals surface area contributed by atoms with Crippen LogP contribution in [-0.4, -0.2) is 14.0 Å². The van der Waals surface area contributed by atoms with Crippen molar-refractivity contribution >= 4 is 38.9 Å². The standard InChI is InChI=1S/C12H18Cl2N2O2S/c1-4-12(3,5-2)16-19(17,18)11-9(13)6-8(15)7-10(11)14/h6-7,16H,4-5,15H2,1-3H3. The van der Waals surface area contributed by atoms with Crippen molar-refractivity contribution in [1.29, 1.82) is 0 Å². The lowest BCUT2D eigenvalue weighted by molar-refractivity contribution is 0.389. The van der Waals surface area contributed by atoms with Crippen molar-refractivity contribution in [3.63, 3.8) is 0 Å². The highest BCUT2D eigenvalue weighted by Gasteiger charge is 2.30. The monoisotopic (exact) mass is 324 g/mol. The molecule has 7 heteroatoms. The van der Waals surface area contributed by atoms with Crippen LogP contribution in [0.25, 0.3) is 0 Å². The number of sulfonamides is 1. The van der Waals surface area contributed by atoms with Gasteiger partial charge in [0.25, 0.3) is 0 Å². The molecule has 0 spiro atoms. The van der Waals surface area contributed by atoms with Crippen LogP contribution in [0.15, 0.2) is 17.0 Å². The SMILES string of the molecule is CCC(C)(CC)NS(=O)(=O)c1c(Cl)cc(N)cc1Cl. The largest absolute Gasteiger partial charge is 0.399 e. The first-order chi connectivity index (χ1) is 8.65. The average molecular weight is 325 g/mol. The van der Waals surface area contributed by atoms with Crippen molar-refractivity contribution in [3.8, 4) is 0 Å². The molecular weight excluding hydrogens is 307 g/mol. The molecule has 108 valence electrons. The lowest BCUT2D eigenvalue weighted by atomic mass is 9.98. The molecule has 0 radical (unpaired) electrons. The van der Waals surface area contributed by atoms with Crippen molar-refractivity contribution < 1.29 is 8.42 Å². The minimum atomic E-state index is -3.79. The summed E-state index contributed by atoms with van der Waals surface area (Å²) in [6.45, 7) is 5.67. The van der Waals surface area contributed by atoms with E-state index in [9.17, 15) is 8.42 Å². The molecule has 1 rings (SSSR count). The van der Waals surface area contributed by atoms with Crippen LogP contribution in [0.5, 0.6) is 0 Å². The Bertz CT molecular complexity index is 546. The molecule has 4 nitrogen and oxygen atoms in total. The van der Waals surface area contributed by atoms with E-state index in [0.717, 1.165) is 0 Å². The number of hydrogen-bond acceptors (Lipinski definition) is 3. The summed E-state index contributed by atoms with van der Waals surface area (Å²) in [7, 11) is -3.79. The number of hydrogen-bond donors (Lipinski definition) is 2. The van der Waals surface area contributed by atoms with Crippen LogP contribution < -0.4 is 10.5 Å². The first-order valence-corrected chi connectivity index (χ1v) is 8.17. The van der Waals surface area contributed by atoms with E-state index >= 15 is 0 Å². The molecule has 19 heavy (non-hydrogen) atoms. The molecule has 0 saturated heterocycles. The summed E-state index contributed by atoms with van der Waals surface area (Å²) >= 11 is 11.9. The van der Waals surface area contributed by atoms with E-state index in [1.54, 1.807) is 0 Å². The van der Waals surface area contributed by atoms with Crippen LogP contribution in [0, 0.1) is 0 Å². The van der Waals surface area contributed by atoms with Gasteiger partial charge in [0.1, 0.15) is 4.90 Å². The zero-order valence-corrected chi connectivity index (χ0v) is 13.5. The van der Waals surface area contributed by atoms with Crippen molar-refractivity contribution in [1.82, 2.24) is 4.72 Å². The topological polar surface area (TPSA) is 72.2 Å². The van der Waals surface area contributed by atoms with E-state index < -0.39 is 15.6 Å². The van der Waals surface area contributed by atoms with Gasteiger partial charge in [0, 0.05) is 11.2 Å². The predicted molar refractivity (Wildman–Crippen MR) is 80.2 cm³/mol. The molecule has 0 aliphatic heterocycles. The van der Waals surface area contributed by atoms with Gasteiger partial charge in [0.05, 0.1) is 10.0 Å². The summed E-state index contributed by atoms with van der Waals surface area (Å²) in [5, 5.41) is 0.0408. The van der Waals surface area contributed by atoms with Crippen LogP contribution in [0.3, 0.4) is 0 Å². The molecule has 0 atom stereocenters. The highest BCUT2D eigenvalue weighted by molar-refractivity contribution is 7.89. The first kappa shape index (κ1) is 16.6. The summed E-state index contributed by atoms with van der Waals surface area (Å²) in [5.41, 5.74) is 5.35. The Labute approximate surface area is 124 Å². The van der Waals surface area contributed by atoms with E-state index in [1.807, 2.05) is 20.8 Å². The molecular formula is C12H18Cl2N2O2S. The summed E-state index contributed by atoms with van der Waals surface area (Å²) in [6.07, 6.45) is 1.32. The van der Waals surface area contributed by atoms with Gasteiger partial charge in [-0.3, -0.25) is 0 Å². The summed E-state index contributed by atoms with van der Waals surface area (Å²) in [5.74, 6) is 0. The van der Waals surface area contributed by atoms with Crippen LogP contribution >= 0.6 is 23.2 Å². The number of nitrogens with one attached hydrogen (secondary N) is 1. The number of nitrogens with two attached hydrogens (primary N) is 1. The third-order valence-electron chi connectivity index (χ3n) is 3.23. The highest BCUT2D eigenvalue weighted by Crippen LogP contribution is 2.33. The van der Waals surface area contributed by atoms with Crippen LogP contribution in [-0.2, 0) is 10.0 Å². The Morgan fingerprint density at radius 3 is 2.00 bits per heavy atom. The van der Waals surface area contributed by atoms with Crippen LogP contribution in [0.1, 0.15) is 33.6 Å². The Hall–Kier alpha value is -0.490. The maximum Gasteiger partial charge on any atom is 0.244 e. The summed E-state index contributed by atoms with van der Waals surface area (Å²) in [4.78, 5) is -0.127. The third kappa shape index (κ3) is 3.75. The van der Waals surface area contributed by atoms with Crippen molar-refractivity contribution in [2.45, 2.75) is 44.0 Å². The summed E-state index contributed by atoms with van der Waals surface area (Å²) in [6, 6.07) is 2.74. The number of benzene rings is 1. The quantitative estimate of drug-likeness (QED) is 0.815. The lowest BCUT2D eigenvalue weighted by Gasteiger charge is -2.28. The zero-order chi connectivity index (χ0) is 14.8. The molecule has 0 saturated carbocycles. The van der Waals surface area contributed by atoms with Gasteiger partial charge in [0.15, 0.2) is 0 Å². The number of halogens is 2. The first-order valence-electron chi connectivity index (χ1n) is 5.93. The minimum Gasteiger partial charge on any atom is -0.399 e. The molecule has 0 aliphatic rings. The number of anilines is 1. The smallest absolute Gasteiger partial charge is 0.244 e. The fraction of sp³-hybridized carbons (Fsp3) is 0.500. The Morgan fingerprint density at radius 2 is 1.63 bits per heavy atom. The van der Waals surface area contributed by atoms with Gasteiger partial charge in [-0.1, -0.05) is 37.0 Å². The molecule has 0 heterocycles.